The average molecular weight is 320 g/mol. The van der Waals surface area contributed by atoms with Crippen molar-refractivity contribution in [1.29, 1.82) is 0 Å². The zero-order valence-electron chi connectivity index (χ0n) is 11.6. The number of thiocarbonyl (C=S) groups is 1. The molecule has 0 saturated heterocycles. The van der Waals surface area contributed by atoms with Gasteiger partial charge in [0, 0.05) is 41.8 Å². The summed E-state index contributed by atoms with van der Waals surface area (Å²) in [4.78, 5) is 26.5. The Morgan fingerprint density at radius 3 is 2.59 bits per heavy atom. The Labute approximate surface area is 131 Å². The summed E-state index contributed by atoms with van der Waals surface area (Å²) in [5.74, 6) is 0. The van der Waals surface area contributed by atoms with Crippen LogP contribution in [0.3, 0.4) is 0 Å². The Morgan fingerprint density at radius 1 is 1.41 bits per heavy atom. The molecule has 9 heteroatoms. The molecule has 0 spiro atoms. The van der Waals surface area contributed by atoms with Crippen molar-refractivity contribution in [3.8, 4) is 0 Å². The maximum absolute atomic E-state index is 12.5. The second kappa shape index (κ2) is 6.10. The van der Waals surface area contributed by atoms with Crippen LogP contribution in [0.5, 0.6) is 0 Å². The third kappa shape index (κ3) is 3.22. The van der Waals surface area contributed by atoms with Gasteiger partial charge in [-0.1, -0.05) is 12.2 Å². The first-order valence-corrected chi connectivity index (χ1v) is 6.62. The van der Waals surface area contributed by atoms with Gasteiger partial charge >= 0.3 is 6.03 Å². The highest BCUT2D eigenvalue weighted by Crippen LogP contribution is 2.23. The summed E-state index contributed by atoms with van der Waals surface area (Å²) in [7, 11) is 1.13. The molecule has 1 heterocycles. The number of aliphatic imine (C=N–C) groups is 1. The maximum atomic E-state index is 12.5. The van der Waals surface area contributed by atoms with Crippen LogP contribution in [-0.2, 0) is 0 Å². The zero-order chi connectivity index (χ0) is 16.3. The van der Waals surface area contributed by atoms with E-state index in [9.17, 15) is 20.1 Å². The molecule has 1 aliphatic rings. The summed E-state index contributed by atoms with van der Waals surface area (Å²) in [6.07, 6.45) is 3.39. The predicted molar refractivity (Wildman–Crippen MR) is 86.5 cm³/mol. The number of benzene rings is 1. The van der Waals surface area contributed by atoms with Gasteiger partial charge in [-0.15, -0.1) is 0 Å². The molecule has 0 aliphatic carbocycles. The highest BCUT2D eigenvalue weighted by Gasteiger charge is 2.27. The van der Waals surface area contributed by atoms with Gasteiger partial charge in [-0.05, 0) is 0 Å². The number of carbonyl (C=O) groups is 1. The molecule has 1 atom stereocenters. The molecule has 0 saturated carbocycles. The molecule has 0 bridgehead atoms. The second-order valence-corrected chi connectivity index (χ2v) is 5.12. The molecule has 22 heavy (non-hydrogen) atoms. The van der Waals surface area contributed by atoms with Crippen LogP contribution in [-0.4, -0.2) is 29.1 Å². The molecule has 8 nitrogen and oxygen atoms in total. The Bertz CT molecular complexity index is 694. The summed E-state index contributed by atoms with van der Waals surface area (Å²) >= 11 is 5.07. The van der Waals surface area contributed by atoms with Gasteiger partial charge in [0.25, 0.3) is 5.69 Å². The predicted octanol–water partition coefficient (Wildman–Crippen LogP) is 2.43. The van der Waals surface area contributed by atoms with Crippen molar-refractivity contribution in [2.45, 2.75) is 6.42 Å². The van der Waals surface area contributed by atoms with Gasteiger partial charge in [-0.2, -0.15) is 0 Å². The first-order chi connectivity index (χ1) is 10.3. The quantitative estimate of drug-likeness (QED) is 0.398. The molecule has 2 rings (SSSR count). The van der Waals surface area contributed by atoms with E-state index in [-0.39, 0.29) is 11.4 Å². The number of amides is 2. The van der Waals surface area contributed by atoms with Crippen LogP contribution in [0.1, 0.15) is 6.42 Å². The SMILES string of the molecule is C[N@@+]([O-])(C(=O)NC1=CN=CCC1=S)c1ccc([N+](=O)[O-])cc1. The number of hydrogen-bond acceptors (Lipinski definition) is 6. The van der Waals surface area contributed by atoms with Gasteiger partial charge in [0.1, 0.15) is 5.69 Å². The molecule has 0 radical (unpaired) electrons. The Hall–Kier alpha value is -2.49. The lowest BCUT2D eigenvalue weighted by atomic mass is 10.2. The molecule has 0 fully saturated rings. The number of hydrogen-bond donors (Lipinski definition) is 1. The highest BCUT2D eigenvalue weighted by molar-refractivity contribution is 7.80. The minimum absolute atomic E-state index is 0.0638. The van der Waals surface area contributed by atoms with Crippen LogP contribution in [0.25, 0.3) is 0 Å². The number of hydroxylamine groups is 2. The van der Waals surface area contributed by atoms with Gasteiger partial charge in [-0.25, -0.2) is 9.44 Å². The Morgan fingerprint density at radius 2 is 2.05 bits per heavy atom. The van der Waals surface area contributed by atoms with E-state index in [1.165, 1.54) is 30.5 Å². The van der Waals surface area contributed by atoms with Crippen LogP contribution in [0.2, 0.25) is 0 Å². The lowest BCUT2D eigenvalue weighted by Crippen LogP contribution is -2.51. The molecule has 1 aromatic carbocycles. The number of rotatable bonds is 3. The van der Waals surface area contributed by atoms with E-state index in [1.807, 2.05) is 0 Å². The minimum Gasteiger partial charge on any atom is -0.618 e. The highest BCUT2D eigenvalue weighted by atomic mass is 32.1. The fourth-order valence-electron chi connectivity index (χ4n) is 1.74. The topological polar surface area (TPSA) is 108 Å². The molecule has 1 aromatic rings. The Balaban J connectivity index is 2.19. The van der Waals surface area contributed by atoms with Gasteiger partial charge in [0.15, 0.2) is 0 Å². The van der Waals surface area contributed by atoms with E-state index in [2.05, 4.69) is 10.3 Å². The molecule has 2 amide bonds. The number of nitrogens with one attached hydrogen (secondary N) is 1. The van der Waals surface area contributed by atoms with Crippen molar-refractivity contribution in [2.24, 2.45) is 4.99 Å². The standard InChI is InChI=1S/C13H12N4O4S/c1-17(21,10-4-2-9(3-5-10)16(19)20)13(18)15-11-8-14-7-6-12(11)22/h2-5,7-8H,6H2,1H3,(H,15,18)/t17-/m0/s1. The number of nitro benzene ring substituents is 1. The van der Waals surface area contributed by atoms with Gasteiger partial charge in [0.05, 0.1) is 23.9 Å². The second-order valence-electron chi connectivity index (χ2n) is 4.63. The van der Waals surface area contributed by atoms with Gasteiger partial charge in [0.2, 0.25) is 0 Å². The number of nitrogens with zero attached hydrogens (tertiary/aromatic N) is 3. The van der Waals surface area contributed by atoms with Gasteiger partial charge in [-0.3, -0.25) is 20.4 Å². The zero-order valence-corrected chi connectivity index (χ0v) is 12.4. The van der Waals surface area contributed by atoms with Crippen LogP contribution in [0.4, 0.5) is 16.2 Å². The summed E-state index contributed by atoms with van der Waals surface area (Å²) in [5, 5.41) is 25.6. The van der Waals surface area contributed by atoms with Crippen molar-refractivity contribution in [1.82, 2.24) is 9.96 Å². The normalized spacial score (nSPS) is 16.6. The van der Waals surface area contributed by atoms with Gasteiger partial charge < -0.3 is 5.21 Å². The van der Waals surface area contributed by atoms with E-state index in [0.29, 0.717) is 17.0 Å². The monoisotopic (exact) mass is 320 g/mol. The first kappa shape index (κ1) is 15.9. The van der Waals surface area contributed by atoms with Crippen LogP contribution >= 0.6 is 12.2 Å². The van der Waals surface area contributed by atoms with Crippen molar-refractivity contribution in [2.75, 3.05) is 7.05 Å². The molecule has 114 valence electrons. The third-order valence-corrected chi connectivity index (χ3v) is 3.46. The number of non-ortho nitro benzene ring substituents is 1. The van der Waals surface area contributed by atoms with E-state index in [1.54, 1.807) is 6.21 Å². The average Bonchev–Trinajstić information content (AvgIpc) is 2.49. The molecule has 0 unspecified atom stereocenters. The summed E-state index contributed by atoms with van der Waals surface area (Å²) < 4.78 is -1.37. The molecular formula is C13H12N4O4S. The maximum Gasteiger partial charge on any atom is 0.425 e. The lowest BCUT2D eigenvalue weighted by Gasteiger charge is -2.34. The minimum atomic E-state index is -1.37. The molecule has 1 aliphatic heterocycles. The fraction of sp³-hybridized carbons (Fsp3) is 0.154. The molecule has 1 N–H and O–H groups in total. The van der Waals surface area contributed by atoms with Crippen molar-refractivity contribution >= 4 is 40.7 Å². The van der Waals surface area contributed by atoms with Crippen LogP contribution < -0.4 is 9.96 Å². The smallest absolute Gasteiger partial charge is 0.425 e. The molecular weight excluding hydrogens is 308 g/mol. The van der Waals surface area contributed by atoms with Crippen LogP contribution in [0, 0.1) is 15.3 Å². The van der Waals surface area contributed by atoms with Crippen molar-refractivity contribution in [3.63, 3.8) is 0 Å². The number of urea groups is 1. The summed E-state index contributed by atoms with van der Waals surface area (Å²) in [5.41, 5.74) is 0.216. The lowest BCUT2D eigenvalue weighted by molar-refractivity contribution is -0.384. The molecule has 0 aromatic heterocycles. The summed E-state index contributed by atoms with van der Waals surface area (Å²) in [6.45, 7) is 0. The largest absolute Gasteiger partial charge is 0.618 e. The van der Waals surface area contributed by atoms with Crippen molar-refractivity contribution in [3.05, 3.63) is 51.5 Å². The third-order valence-electron chi connectivity index (χ3n) is 3.07. The number of allylic oxidation sites excluding steroid dienone is 1. The first-order valence-electron chi connectivity index (χ1n) is 6.21. The van der Waals surface area contributed by atoms with E-state index in [4.69, 9.17) is 12.2 Å². The number of carbonyl (C=O) groups excluding carboxylic acids is 1. The van der Waals surface area contributed by atoms with E-state index < -0.39 is 15.6 Å². The Kier molecular flexibility index (Phi) is 4.40. The summed E-state index contributed by atoms with van der Waals surface area (Å²) in [6, 6.07) is 3.98. The number of nitro groups is 1. The number of quaternary nitrogens is 1. The van der Waals surface area contributed by atoms with E-state index >= 15 is 0 Å². The van der Waals surface area contributed by atoms with Crippen molar-refractivity contribution < 1.29 is 9.72 Å². The van der Waals surface area contributed by atoms with E-state index in [0.717, 1.165) is 7.05 Å². The van der Waals surface area contributed by atoms with Crippen LogP contribution in [0.15, 0.2) is 41.2 Å². The fourth-order valence-corrected chi connectivity index (χ4v) is 1.92.